The molecule has 0 bridgehead atoms. The Bertz CT molecular complexity index is 434. The van der Waals surface area contributed by atoms with Gasteiger partial charge in [0.2, 0.25) is 0 Å². The largest absolute Gasteiger partial charge is 1.00 e. The second kappa shape index (κ2) is 10.4. The molecule has 0 radical (unpaired) electrons. The minimum atomic E-state index is -1.56. The summed E-state index contributed by atoms with van der Waals surface area (Å²) in [5.74, 6) is 1.26. The molecule has 2 rings (SSSR count). The number of halogens is 2. The molecule has 1 atom stereocenters. The number of allylic oxidation sites excluding steroid dienone is 4. The zero-order valence-electron chi connectivity index (χ0n) is 14.1. The molecule has 0 heterocycles. The zero-order chi connectivity index (χ0) is 14.7. The molecule has 2 aliphatic rings. The summed E-state index contributed by atoms with van der Waals surface area (Å²) in [5, 5.41) is 0. The van der Waals surface area contributed by atoms with E-state index in [0.29, 0.717) is 17.7 Å². The predicted octanol–water partition coefficient (Wildman–Crippen LogP) is -2.31. The van der Waals surface area contributed by atoms with E-state index in [0.717, 1.165) is 12.8 Å². The molecule has 0 saturated heterocycles. The normalized spacial score (nSPS) is 21.4. The van der Waals surface area contributed by atoms with Crippen LogP contribution in [0.15, 0.2) is 21.6 Å². The van der Waals surface area contributed by atoms with E-state index < -0.39 is 24.0 Å². The average Bonchev–Trinajstić information content (AvgIpc) is 2.76. The van der Waals surface area contributed by atoms with Crippen LogP contribution < -0.4 is 28.6 Å². The van der Waals surface area contributed by atoms with Gasteiger partial charge in [0.1, 0.15) is 0 Å². The van der Waals surface area contributed by atoms with Crippen LogP contribution in [0.2, 0.25) is 13.1 Å². The van der Waals surface area contributed by atoms with Gasteiger partial charge >= 0.3 is 131 Å². The Morgan fingerprint density at radius 3 is 2.27 bits per heavy atom. The van der Waals surface area contributed by atoms with Gasteiger partial charge in [-0.15, -0.1) is 0 Å². The van der Waals surface area contributed by atoms with Gasteiger partial charge in [-0.1, -0.05) is 0 Å². The summed E-state index contributed by atoms with van der Waals surface area (Å²) < 4.78 is 5.22. The fourth-order valence-corrected chi connectivity index (χ4v) is 13.9. The summed E-state index contributed by atoms with van der Waals surface area (Å²) in [7, 11) is 0. The maximum absolute atomic E-state index is 12.6. The van der Waals surface area contributed by atoms with Crippen LogP contribution in [0.4, 0.5) is 0 Å². The Morgan fingerprint density at radius 2 is 1.82 bits per heavy atom. The molecule has 1 N–H and O–H groups in total. The van der Waals surface area contributed by atoms with Crippen LogP contribution in [-0.4, -0.2) is 12.6 Å². The van der Waals surface area contributed by atoms with Gasteiger partial charge in [0, 0.05) is 0 Å². The van der Waals surface area contributed by atoms with E-state index in [1.807, 2.05) is 0 Å². The molecule has 2 nitrogen and oxygen atoms in total. The van der Waals surface area contributed by atoms with Crippen LogP contribution in [0.25, 0.3) is 0 Å². The molecule has 2 aliphatic carbocycles. The molecular formula is C16H28Cl2NOSiTi. The molecule has 1 unspecified atom stereocenters. The van der Waals surface area contributed by atoms with Crippen molar-refractivity contribution in [3.8, 4) is 0 Å². The Morgan fingerprint density at radius 1 is 1.23 bits per heavy atom. The van der Waals surface area contributed by atoms with Crippen molar-refractivity contribution < 1.29 is 47.0 Å². The molecule has 0 aromatic rings. The Hall–Kier alpha value is 0.461. The molecule has 1 amide bonds. The minimum absolute atomic E-state index is 0. The second-order valence-electron chi connectivity index (χ2n) is 6.64. The first-order valence-corrected chi connectivity index (χ1v) is 15.2. The van der Waals surface area contributed by atoms with Gasteiger partial charge in [0.15, 0.2) is 0 Å². The molecule has 1 fully saturated rings. The van der Waals surface area contributed by atoms with E-state index in [2.05, 4.69) is 42.9 Å². The molecule has 22 heavy (non-hydrogen) atoms. The molecule has 0 aliphatic heterocycles. The topological polar surface area (TPSA) is 29.1 Å². The maximum atomic E-state index is 12.6. The van der Waals surface area contributed by atoms with Crippen molar-refractivity contribution in [1.82, 2.24) is 3.80 Å². The van der Waals surface area contributed by atoms with Crippen LogP contribution >= 0.6 is 0 Å². The van der Waals surface area contributed by atoms with Crippen LogP contribution in [0.1, 0.15) is 46.0 Å². The molecule has 0 spiro atoms. The van der Waals surface area contributed by atoms with E-state index in [1.54, 1.807) is 3.88 Å². The Kier molecular flexibility index (Phi) is 10.6. The molecule has 0 aromatic heterocycles. The van der Waals surface area contributed by atoms with Crippen molar-refractivity contribution in [1.29, 1.82) is 0 Å². The number of nitrogens with one attached hydrogen (secondary N) is 1. The summed E-state index contributed by atoms with van der Waals surface area (Å²) in [6, 6.07) is 0. The first kappa shape index (κ1) is 22.5. The van der Waals surface area contributed by atoms with Crippen LogP contribution in [0.5, 0.6) is 0 Å². The average molecular weight is 397 g/mol. The first-order valence-electron chi connectivity index (χ1n) is 8.07. The quantitative estimate of drug-likeness (QED) is 0.531. The monoisotopic (exact) mass is 396 g/mol. The fourth-order valence-electron chi connectivity index (χ4n) is 3.41. The van der Waals surface area contributed by atoms with Gasteiger partial charge in [-0.25, -0.2) is 0 Å². The number of carbonyl (C=O) groups is 1. The molecule has 125 valence electrons. The Labute approximate surface area is 155 Å². The van der Waals surface area contributed by atoms with Gasteiger partial charge in [0.25, 0.3) is 0 Å². The number of hydrogen-bond donors (Lipinski definition) is 1. The van der Waals surface area contributed by atoms with Gasteiger partial charge < -0.3 is 24.8 Å². The van der Waals surface area contributed by atoms with E-state index in [4.69, 9.17) is 0 Å². The van der Waals surface area contributed by atoms with Gasteiger partial charge in [0.05, 0.1) is 0 Å². The number of hydrogen-bond acceptors (Lipinski definition) is 1. The van der Waals surface area contributed by atoms with Crippen molar-refractivity contribution in [3.63, 3.8) is 0 Å². The minimum Gasteiger partial charge on any atom is -1.00 e. The number of rotatable bonds is 4. The summed E-state index contributed by atoms with van der Waals surface area (Å²) in [4.78, 5) is 12.6. The first-order chi connectivity index (χ1) is 9.50. The molecule has 6 heteroatoms. The summed E-state index contributed by atoms with van der Waals surface area (Å²) in [6.07, 6.45) is 10.6. The summed E-state index contributed by atoms with van der Waals surface area (Å²) >= 11 is -1.56. The third-order valence-electron chi connectivity index (χ3n) is 4.62. The van der Waals surface area contributed by atoms with E-state index in [-0.39, 0.29) is 24.8 Å². The summed E-state index contributed by atoms with van der Waals surface area (Å²) in [6.45, 7) is 8.57. The smallest absolute Gasteiger partial charge is 1.00 e. The van der Waals surface area contributed by atoms with Crippen LogP contribution in [0.3, 0.4) is 0 Å². The number of amides is 1. The summed E-state index contributed by atoms with van der Waals surface area (Å²) in [5.41, 5.74) is 1.44. The van der Waals surface area contributed by atoms with Gasteiger partial charge in [-0.05, 0) is 0 Å². The third kappa shape index (κ3) is 5.52. The van der Waals surface area contributed by atoms with E-state index in [9.17, 15) is 4.79 Å². The molecule has 0 aromatic carbocycles. The SMILES string of the molecule is CC1=[C]([Ti+2]([NH]C(=O)C2CCCCC2)[SiH](C)C)C(C)C=C1.[Cl-].[Cl-]. The van der Waals surface area contributed by atoms with Crippen molar-refractivity contribution in [2.45, 2.75) is 59.0 Å². The standard InChI is InChI=1S/C7H13NO.C7H9.C2H7Si.2ClH.Ti/c8-7(9)6-4-2-1-3-5-6;1-6-3-4-7(2)5-6;1-3-2;;;/h6H,1-5H2,(H2,8,9);3-4,6H,1-2H3;3H,1-2H3;2*1H;/q;;;;;+3/p-3. The van der Waals surface area contributed by atoms with Gasteiger partial charge in [-0.2, -0.15) is 0 Å². The third-order valence-corrected chi connectivity index (χ3v) is 16.1. The van der Waals surface area contributed by atoms with E-state index >= 15 is 0 Å². The Balaban J connectivity index is 0.00000220. The zero-order valence-corrected chi connectivity index (χ0v) is 18.3. The van der Waals surface area contributed by atoms with Crippen molar-refractivity contribution in [2.75, 3.05) is 0 Å². The molecular weight excluding hydrogens is 369 g/mol. The van der Waals surface area contributed by atoms with Crippen molar-refractivity contribution in [3.05, 3.63) is 21.6 Å². The van der Waals surface area contributed by atoms with Crippen molar-refractivity contribution in [2.24, 2.45) is 11.8 Å². The fraction of sp³-hybridized carbons (Fsp3) is 0.688. The van der Waals surface area contributed by atoms with Crippen molar-refractivity contribution >= 4 is 12.6 Å². The molecule has 1 saturated carbocycles. The maximum Gasteiger partial charge on any atom is -1.00 e. The van der Waals surface area contributed by atoms with Crippen LogP contribution in [0, 0.1) is 11.8 Å². The van der Waals surface area contributed by atoms with Gasteiger partial charge in [-0.3, -0.25) is 0 Å². The second-order valence-corrected chi connectivity index (χ2v) is 19.3. The number of carbonyl (C=O) groups excluding carboxylic acids is 1. The van der Waals surface area contributed by atoms with E-state index in [1.165, 1.54) is 24.8 Å². The predicted molar refractivity (Wildman–Crippen MR) is 84.6 cm³/mol. The van der Waals surface area contributed by atoms with Crippen LogP contribution in [-0.2, 0) is 22.2 Å².